The Bertz CT molecular complexity index is 286. The molecule has 0 aliphatic rings. The molecule has 0 aromatic rings. The van der Waals surface area contributed by atoms with Crippen LogP contribution in [-0.2, 0) is 9.53 Å². The first-order valence-electron chi connectivity index (χ1n) is 7.70. The minimum absolute atomic E-state index is 0.0910. The van der Waals surface area contributed by atoms with Crippen LogP contribution in [0.15, 0.2) is 0 Å². The molecular formula is C16H34N2O2. The zero-order chi connectivity index (χ0) is 15.8. The summed E-state index contributed by atoms with van der Waals surface area (Å²) in [6.07, 6.45) is 1.45. The molecule has 0 aliphatic carbocycles. The molecule has 0 aliphatic heterocycles. The van der Waals surface area contributed by atoms with Crippen LogP contribution < -0.4 is 10.6 Å². The molecule has 0 fully saturated rings. The van der Waals surface area contributed by atoms with Crippen LogP contribution in [0.2, 0.25) is 0 Å². The normalized spacial score (nSPS) is 12.8. The average Bonchev–Trinajstić information content (AvgIpc) is 2.25. The van der Waals surface area contributed by atoms with E-state index >= 15 is 0 Å². The van der Waals surface area contributed by atoms with Gasteiger partial charge < -0.3 is 15.4 Å². The lowest BCUT2D eigenvalue weighted by atomic mass is 9.94. The third-order valence-electron chi connectivity index (χ3n) is 2.90. The van der Waals surface area contributed by atoms with E-state index in [1.165, 1.54) is 0 Å². The van der Waals surface area contributed by atoms with Gasteiger partial charge in [0.05, 0.1) is 18.8 Å². The zero-order valence-electron chi connectivity index (χ0n) is 14.4. The standard InChI is InChI=1S/C16H34N2O2/c1-8-9-14(19)18-16(6,7)12-20-11-15(4,5)10-17-13(2)3/h13,17H,8-12H2,1-7H3,(H,18,19). The molecule has 2 N–H and O–H groups in total. The number of nitrogens with one attached hydrogen (secondary N) is 2. The molecule has 4 nitrogen and oxygen atoms in total. The predicted molar refractivity (Wildman–Crippen MR) is 84.9 cm³/mol. The molecule has 0 saturated heterocycles. The van der Waals surface area contributed by atoms with Gasteiger partial charge in [-0.3, -0.25) is 4.79 Å². The summed E-state index contributed by atoms with van der Waals surface area (Å²) in [5, 5.41) is 6.45. The van der Waals surface area contributed by atoms with Crippen LogP contribution in [0.5, 0.6) is 0 Å². The zero-order valence-corrected chi connectivity index (χ0v) is 14.4. The second kappa shape index (κ2) is 8.63. The highest BCUT2D eigenvalue weighted by Gasteiger charge is 2.23. The number of carbonyl (C=O) groups is 1. The van der Waals surface area contributed by atoms with Gasteiger partial charge in [-0.15, -0.1) is 0 Å². The maximum Gasteiger partial charge on any atom is 0.220 e. The Balaban J connectivity index is 4.04. The molecule has 0 saturated carbocycles. The molecule has 0 aromatic heterocycles. The third-order valence-corrected chi connectivity index (χ3v) is 2.90. The van der Waals surface area contributed by atoms with Crippen molar-refractivity contribution in [1.29, 1.82) is 0 Å². The summed E-state index contributed by atoms with van der Waals surface area (Å²) in [6, 6.07) is 0.485. The van der Waals surface area contributed by atoms with E-state index in [1.54, 1.807) is 0 Å². The highest BCUT2D eigenvalue weighted by atomic mass is 16.5. The van der Waals surface area contributed by atoms with Crippen molar-refractivity contribution in [3.8, 4) is 0 Å². The van der Waals surface area contributed by atoms with Gasteiger partial charge in [-0.05, 0) is 20.3 Å². The Labute approximate surface area is 125 Å². The number of rotatable bonds is 10. The number of amides is 1. The fourth-order valence-electron chi connectivity index (χ4n) is 1.82. The molecular weight excluding hydrogens is 252 g/mol. The summed E-state index contributed by atoms with van der Waals surface area (Å²) < 4.78 is 5.82. The fraction of sp³-hybridized carbons (Fsp3) is 0.938. The molecule has 0 spiro atoms. The molecule has 0 aromatic carbocycles. The van der Waals surface area contributed by atoms with E-state index in [1.807, 2.05) is 20.8 Å². The van der Waals surface area contributed by atoms with Gasteiger partial charge in [0, 0.05) is 24.4 Å². The van der Waals surface area contributed by atoms with Crippen molar-refractivity contribution >= 4 is 5.91 Å². The minimum atomic E-state index is -0.312. The molecule has 4 heteroatoms. The Morgan fingerprint density at radius 3 is 2.25 bits per heavy atom. The Hall–Kier alpha value is -0.610. The van der Waals surface area contributed by atoms with Gasteiger partial charge >= 0.3 is 0 Å². The number of hydrogen-bond acceptors (Lipinski definition) is 3. The van der Waals surface area contributed by atoms with Crippen LogP contribution in [-0.4, -0.2) is 37.2 Å². The molecule has 0 atom stereocenters. The maximum atomic E-state index is 11.6. The van der Waals surface area contributed by atoms with E-state index < -0.39 is 0 Å². The van der Waals surface area contributed by atoms with E-state index in [4.69, 9.17) is 4.74 Å². The summed E-state index contributed by atoms with van der Waals surface area (Å²) in [5.74, 6) is 0.0989. The van der Waals surface area contributed by atoms with Crippen LogP contribution in [0.25, 0.3) is 0 Å². The van der Waals surface area contributed by atoms with Gasteiger partial charge in [-0.2, -0.15) is 0 Å². The van der Waals surface area contributed by atoms with Crippen molar-refractivity contribution < 1.29 is 9.53 Å². The molecule has 0 unspecified atom stereocenters. The lowest BCUT2D eigenvalue weighted by molar-refractivity contribution is -0.123. The van der Waals surface area contributed by atoms with Crippen LogP contribution in [0, 0.1) is 5.41 Å². The van der Waals surface area contributed by atoms with E-state index in [9.17, 15) is 4.79 Å². The molecule has 0 rings (SSSR count). The van der Waals surface area contributed by atoms with Crippen LogP contribution in [0.1, 0.15) is 61.3 Å². The van der Waals surface area contributed by atoms with Crippen LogP contribution >= 0.6 is 0 Å². The molecule has 0 heterocycles. The van der Waals surface area contributed by atoms with E-state index in [0.29, 0.717) is 25.7 Å². The Kier molecular flexibility index (Phi) is 8.36. The first-order valence-corrected chi connectivity index (χ1v) is 7.70. The largest absolute Gasteiger partial charge is 0.378 e. The van der Waals surface area contributed by atoms with Gasteiger partial charge in [-0.25, -0.2) is 0 Å². The molecule has 0 radical (unpaired) electrons. The van der Waals surface area contributed by atoms with Crippen molar-refractivity contribution in [3.05, 3.63) is 0 Å². The van der Waals surface area contributed by atoms with Crippen LogP contribution in [0.3, 0.4) is 0 Å². The summed E-state index contributed by atoms with van der Waals surface area (Å²) in [7, 11) is 0. The van der Waals surface area contributed by atoms with E-state index in [-0.39, 0.29) is 16.9 Å². The summed E-state index contributed by atoms with van der Waals surface area (Å²) >= 11 is 0. The molecule has 0 bridgehead atoms. The highest BCUT2D eigenvalue weighted by Crippen LogP contribution is 2.15. The number of carbonyl (C=O) groups excluding carboxylic acids is 1. The van der Waals surface area contributed by atoms with Crippen molar-refractivity contribution in [1.82, 2.24) is 10.6 Å². The Morgan fingerprint density at radius 2 is 1.75 bits per heavy atom. The molecule has 1 amide bonds. The maximum absolute atomic E-state index is 11.6. The van der Waals surface area contributed by atoms with Crippen molar-refractivity contribution in [2.45, 2.75) is 72.9 Å². The van der Waals surface area contributed by atoms with E-state index in [2.05, 4.69) is 38.3 Å². The minimum Gasteiger partial charge on any atom is -0.378 e. The third kappa shape index (κ3) is 10.2. The van der Waals surface area contributed by atoms with E-state index in [0.717, 1.165) is 13.0 Å². The van der Waals surface area contributed by atoms with Crippen molar-refractivity contribution in [3.63, 3.8) is 0 Å². The summed E-state index contributed by atoms with van der Waals surface area (Å²) in [5.41, 5.74) is -0.221. The number of ether oxygens (including phenoxy) is 1. The summed E-state index contributed by atoms with van der Waals surface area (Å²) in [4.78, 5) is 11.6. The smallest absolute Gasteiger partial charge is 0.220 e. The van der Waals surface area contributed by atoms with Gasteiger partial charge in [-0.1, -0.05) is 34.6 Å². The van der Waals surface area contributed by atoms with Gasteiger partial charge in [0.1, 0.15) is 0 Å². The van der Waals surface area contributed by atoms with Crippen molar-refractivity contribution in [2.24, 2.45) is 5.41 Å². The van der Waals surface area contributed by atoms with Crippen LogP contribution in [0.4, 0.5) is 0 Å². The topological polar surface area (TPSA) is 50.4 Å². The Morgan fingerprint density at radius 1 is 1.15 bits per heavy atom. The monoisotopic (exact) mass is 286 g/mol. The lowest BCUT2D eigenvalue weighted by Crippen LogP contribution is -2.47. The van der Waals surface area contributed by atoms with Gasteiger partial charge in [0.2, 0.25) is 5.91 Å². The quantitative estimate of drug-likeness (QED) is 0.649. The molecule has 20 heavy (non-hydrogen) atoms. The first kappa shape index (κ1) is 19.4. The average molecular weight is 286 g/mol. The van der Waals surface area contributed by atoms with Gasteiger partial charge in [0.25, 0.3) is 0 Å². The highest BCUT2D eigenvalue weighted by molar-refractivity contribution is 5.76. The second-order valence-corrected chi connectivity index (χ2v) is 7.37. The van der Waals surface area contributed by atoms with Gasteiger partial charge in [0.15, 0.2) is 0 Å². The first-order chi connectivity index (χ1) is 9.08. The molecule has 120 valence electrons. The SMILES string of the molecule is CCCC(=O)NC(C)(C)COCC(C)(C)CNC(C)C. The number of hydrogen-bond donors (Lipinski definition) is 2. The predicted octanol–water partition coefficient (Wildman–Crippen LogP) is 2.72. The fourth-order valence-corrected chi connectivity index (χ4v) is 1.82. The second-order valence-electron chi connectivity index (χ2n) is 7.37. The summed E-state index contributed by atoms with van der Waals surface area (Å²) in [6.45, 7) is 16.8. The lowest BCUT2D eigenvalue weighted by Gasteiger charge is -2.30. The van der Waals surface area contributed by atoms with Crippen molar-refractivity contribution in [2.75, 3.05) is 19.8 Å².